The molecule has 3 aromatic rings. The van der Waals surface area contributed by atoms with Crippen LogP contribution in [0.4, 0.5) is 5.69 Å². The van der Waals surface area contributed by atoms with E-state index in [1.807, 2.05) is 59.6 Å². The molecule has 1 N–H and O–H groups in total. The standard InChI is InChI=1S/C24H27N3O4S/c1-28-20-9-7-19(8-10-20)26-24(32)27(15-17-6-5-11-25-14-17)16-18-12-22(30-3)23(31-4)13-21(18)29-2/h5-14H,15-16H2,1-4H3,(H,26,32). The zero-order chi connectivity index (χ0) is 22.9. The second kappa shape index (κ2) is 11.2. The van der Waals surface area contributed by atoms with E-state index in [0.717, 1.165) is 22.6 Å². The minimum atomic E-state index is 0.487. The first-order chi connectivity index (χ1) is 15.6. The summed E-state index contributed by atoms with van der Waals surface area (Å²) in [6, 6.07) is 15.3. The number of nitrogens with zero attached hydrogens (tertiary/aromatic N) is 2. The van der Waals surface area contributed by atoms with Crippen molar-refractivity contribution in [3.05, 3.63) is 72.1 Å². The zero-order valence-electron chi connectivity index (χ0n) is 18.6. The fourth-order valence-electron chi connectivity index (χ4n) is 3.21. The molecule has 0 radical (unpaired) electrons. The van der Waals surface area contributed by atoms with E-state index >= 15 is 0 Å². The van der Waals surface area contributed by atoms with Gasteiger partial charge < -0.3 is 29.2 Å². The third-order valence-electron chi connectivity index (χ3n) is 4.87. The average Bonchev–Trinajstić information content (AvgIpc) is 2.84. The normalized spacial score (nSPS) is 10.2. The second-order valence-electron chi connectivity index (χ2n) is 6.90. The van der Waals surface area contributed by atoms with Crippen LogP contribution < -0.4 is 24.3 Å². The summed E-state index contributed by atoms with van der Waals surface area (Å²) in [5.74, 6) is 2.69. The van der Waals surface area contributed by atoms with E-state index in [4.69, 9.17) is 31.2 Å². The topological polar surface area (TPSA) is 65.1 Å². The van der Waals surface area contributed by atoms with Crippen LogP contribution in [-0.4, -0.2) is 43.4 Å². The lowest BCUT2D eigenvalue weighted by Crippen LogP contribution is -2.34. The van der Waals surface area contributed by atoms with Crippen LogP contribution in [0, 0.1) is 0 Å². The van der Waals surface area contributed by atoms with Gasteiger partial charge in [-0.3, -0.25) is 4.98 Å². The van der Waals surface area contributed by atoms with Crippen LogP contribution in [0.5, 0.6) is 23.0 Å². The maximum Gasteiger partial charge on any atom is 0.174 e. The molecule has 0 aliphatic heterocycles. The number of benzene rings is 2. The molecule has 1 heterocycles. The Kier molecular flexibility index (Phi) is 8.10. The van der Waals surface area contributed by atoms with Crippen LogP contribution in [-0.2, 0) is 13.1 Å². The van der Waals surface area contributed by atoms with Gasteiger partial charge >= 0.3 is 0 Å². The molecular formula is C24H27N3O4S. The number of thiocarbonyl (C=S) groups is 1. The maximum absolute atomic E-state index is 5.77. The average molecular weight is 454 g/mol. The van der Waals surface area contributed by atoms with E-state index in [1.54, 1.807) is 34.6 Å². The van der Waals surface area contributed by atoms with E-state index in [1.165, 1.54) is 0 Å². The van der Waals surface area contributed by atoms with Gasteiger partial charge in [0, 0.05) is 42.8 Å². The van der Waals surface area contributed by atoms with Gasteiger partial charge in [-0.15, -0.1) is 0 Å². The summed E-state index contributed by atoms with van der Waals surface area (Å²) >= 11 is 5.77. The molecule has 0 fully saturated rings. The molecule has 0 spiro atoms. The van der Waals surface area contributed by atoms with Crippen molar-refractivity contribution in [2.45, 2.75) is 13.1 Å². The van der Waals surface area contributed by atoms with E-state index in [-0.39, 0.29) is 0 Å². The summed E-state index contributed by atoms with van der Waals surface area (Å²) in [4.78, 5) is 6.27. The molecule has 0 unspecified atom stereocenters. The minimum Gasteiger partial charge on any atom is -0.497 e. The molecule has 2 aromatic carbocycles. The smallest absolute Gasteiger partial charge is 0.174 e. The van der Waals surface area contributed by atoms with Gasteiger partial charge in [-0.25, -0.2) is 0 Å². The van der Waals surface area contributed by atoms with Crippen molar-refractivity contribution in [3.8, 4) is 23.0 Å². The molecule has 1 aromatic heterocycles. The van der Waals surface area contributed by atoms with Gasteiger partial charge in [0.2, 0.25) is 0 Å². The predicted octanol–water partition coefficient (Wildman–Crippen LogP) is 4.52. The molecule has 8 heteroatoms. The molecule has 32 heavy (non-hydrogen) atoms. The van der Waals surface area contributed by atoms with Crippen LogP contribution in [0.1, 0.15) is 11.1 Å². The minimum absolute atomic E-state index is 0.487. The number of anilines is 1. The predicted molar refractivity (Wildman–Crippen MR) is 129 cm³/mol. The van der Waals surface area contributed by atoms with Gasteiger partial charge in [0.25, 0.3) is 0 Å². The number of nitrogens with one attached hydrogen (secondary N) is 1. The first-order valence-corrected chi connectivity index (χ1v) is 10.4. The number of rotatable bonds is 9. The highest BCUT2D eigenvalue weighted by Crippen LogP contribution is 2.35. The van der Waals surface area contributed by atoms with Crippen LogP contribution in [0.25, 0.3) is 0 Å². The Labute approximate surface area is 193 Å². The molecule has 0 saturated carbocycles. The van der Waals surface area contributed by atoms with Crippen molar-refractivity contribution in [1.82, 2.24) is 9.88 Å². The Morgan fingerprint density at radius 3 is 2.16 bits per heavy atom. The Morgan fingerprint density at radius 1 is 0.875 bits per heavy atom. The summed E-state index contributed by atoms with van der Waals surface area (Å²) in [7, 11) is 6.47. The molecular weight excluding hydrogens is 426 g/mol. The first-order valence-electron chi connectivity index (χ1n) is 9.95. The lowest BCUT2D eigenvalue weighted by Gasteiger charge is -2.27. The summed E-state index contributed by atoms with van der Waals surface area (Å²) in [5.41, 5.74) is 2.81. The Morgan fingerprint density at radius 2 is 1.56 bits per heavy atom. The highest BCUT2D eigenvalue weighted by atomic mass is 32.1. The van der Waals surface area contributed by atoms with Crippen molar-refractivity contribution >= 4 is 23.0 Å². The van der Waals surface area contributed by atoms with E-state index in [9.17, 15) is 0 Å². The number of hydrogen-bond acceptors (Lipinski definition) is 6. The monoisotopic (exact) mass is 453 g/mol. The second-order valence-corrected chi connectivity index (χ2v) is 7.28. The number of ether oxygens (including phenoxy) is 4. The van der Waals surface area contributed by atoms with Gasteiger partial charge in [-0.2, -0.15) is 0 Å². The van der Waals surface area contributed by atoms with Gasteiger partial charge in [0.05, 0.1) is 28.4 Å². The van der Waals surface area contributed by atoms with Crippen molar-refractivity contribution in [3.63, 3.8) is 0 Å². The fourth-order valence-corrected chi connectivity index (χ4v) is 3.46. The van der Waals surface area contributed by atoms with Crippen molar-refractivity contribution in [2.75, 3.05) is 33.8 Å². The highest BCUT2D eigenvalue weighted by molar-refractivity contribution is 7.80. The number of aromatic nitrogens is 1. The number of hydrogen-bond donors (Lipinski definition) is 1. The summed E-state index contributed by atoms with van der Waals surface area (Å²) in [5, 5.41) is 3.87. The molecule has 7 nitrogen and oxygen atoms in total. The highest BCUT2D eigenvalue weighted by Gasteiger charge is 2.18. The van der Waals surface area contributed by atoms with Crippen LogP contribution in [0.2, 0.25) is 0 Å². The van der Waals surface area contributed by atoms with Crippen molar-refractivity contribution in [2.24, 2.45) is 0 Å². The fraction of sp³-hybridized carbons (Fsp3) is 0.250. The van der Waals surface area contributed by atoms with Crippen LogP contribution in [0.15, 0.2) is 60.9 Å². The third kappa shape index (κ3) is 5.79. The Bertz CT molecular complexity index is 1030. The van der Waals surface area contributed by atoms with E-state index < -0.39 is 0 Å². The molecule has 0 aliphatic carbocycles. The molecule has 0 atom stereocenters. The lowest BCUT2D eigenvalue weighted by atomic mass is 10.1. The molecule has 0 amide bonds. The Balaban J connectivity index is 1.89. The summed E-state index contributed by atoms with van der Waals surface area (Å²) < 4.78 is 21.7. The van der Waals surface area contributed by atoms with Crippen molar-refractivity contribution < 1.29 is 18.9 Å². The SMILES string of the molecule is COc1ccc(NC(=S)N(Cc2cccnc2)Cc2cc(OC)c(OC)cc2OC)cc1. The van der Waals surface area contributed by atoms with E-state index in [0.29, 0.717) is 35.5 Å². The maximum atomic E-state index is 5.77. The van der Waals surface area contributed by atoms with Crippen molar-refractivity contribution in [1.29, 1.82) is 0 Å². The van der Waals surface area contributed by atoms with Gasteiger partial charge in [-0.1, -0.05) is 6.07 Å². The summed E-state index contributed by atoms with van der Waals surface area (Å²) in [6.45, 7) is 1.05. The van der Waals surface area contributed by atoms with Crippen LogP contribution in [0.3, 0.4) is 0 Å². The third-order valence-corrected chi connectivity index (χ3v) is 5.23. The lowest BCUT2D eigenvalue weighted by molar-refractivity contribution is 0.341. The molecule has 168 valence electrons. The van der Waals surface area contributed by atoms with E-state index in [2.05, 4.69) is 10.3 Å². The van der Waals surface area contributed by atoms with Gasteiger partial charge in [0.1, 0.15) is 11.5 Å². The molecule has 3 rings (SSSR count). The van der Waals surface area contributed by atoms with Crippen LogP contribution >= 0.6 is 12.2 Å². The quantitative estimate of drug-likeness (QED) is 0.475. The molecule has 0 aliphatic rings. The summed E-state index contributed by atoms with van der Waals surface area (Å²) in [6.07, 6.45) is 3.58. The number of pyridine rings is 1. The van der Waals surface area contributed by atoms with Gasteiger partial charge in [-0.05, 0) is 54.2 Å². The van der Waals surface area contributed by atoms with Gasteiger partial charge in [0.15, 0.2) is 16.6 Å². The molecule has 0 bridgehead atoms. The zero-order valence-corrected chi connectivity index (χ0v) is 19.4. The molecule has 0 saturated heterocycles. The number of methoxy groups -OCH3 is 4. The Hall–Kier alpha value is -3.52. The largest absolute Gasteiger partial charge is 0.497 e. The first kappa shape index (κ1) is 23.1.